The van der Waals surface area contributed by atoms with E-state index in [-0.39, 0.29) is 23.5 Å². The second kappa shape index (κ2) is 4.43. The highest BCUT2D eigenvalue weighted by Crippen LogP contribution is 2.29. The van der Waals surface area contributed by atoms with Crippen molar-refractivity contribution in [1.29, 1.82) is 0 Å². The Bertz CT molecular complexity index is 661. The number of rotatable bonds is 2. The fourth-order valence-corrected chi connectivity index (χ4v) is 1.64. The first-order valence-electron chi connectivity index (χ1n) is 5.07. The van der Waals surface area contributed by atoms with Gasteiger partial charge < -0.3 is 14.9 Å². The highest BCUT2D eigenvalue weighted by molar-refractivity contribution is 5.26. The van der Waals surface area contributed by atoms with Gasteiger partial charge in [-0.1, -0.05) is 5.92 Å². The fourth-order valence-electron chi connectivity index (χ4n) is 1.64. The Morgan fingerprint density at radius 3 is 2.89 bits per heavy atom. The molecular weight excluding hydrogens is 240 g/mol. The largest absolute Gasteiger partial charge is 0.508 e. The van der Waals surface area contributed by atoms with Crippen molar-refractivity contribution < 1.29 is 14.9 Å². The van der Waals surface area contributed by atoms with E-state index in [0.717, 1.165) is 4.57 Å². The first-order valence-corrected chi connectivity index (χ1v) is 5.07. The SMILES string of the molecule is C#Cc1cn([C@H]2CC(O)=C(CO)O2)c(=O)[nH]c1=O. The zero-order chi connectivity index (χ0) is 13.3. The van der Waals surface area contributed by atoms with Gasteiger partial charge in [-0.05, 0) is 0 Å². The summed E-state index contributed by atoms with van der Waals surface area (Å²) in [5.41, 5.74) is -1.37. The molecule has 2 rings (SSSR count). The topological polar surface area (TPSA) is 105 Å². The number of nitrogens with zero attached hydrogens (tertiary/aromatic N) is 1. The minimum atomic E-state index is -0.830. The van der Waals surface area contributed by atoms with Crippen LogP contribution in [0.1, 0.15) is 18.2 Å². The molecule has 0 saturated heterocycles. The molecule has 0 amide bonds. The Morgan fingerprint density at radius 2 is 2.33 bits per heavy atom. The molecular formula is C11H10N2O5. The summed E-state index contributed by atoms with van der Waals surface area (Å²) >= 11 is 0. The van der Waals surface area contributed by atoms with E-state index >= 15 is 0 Å². The lowest BCUT2D eigenvalue weighted by molar-refractivity contribution is 0.0591. The van der Waals surface area contributed by atoms with Gasteiger partial charge in [-0.25, -0.2) is 4.79 Å². The Morgan fingerprint density at radius 1 is 1.61 bits per heavy atom. The van der Waals surface area contributed by atoms with E-state index in [0.29, 0.717) is 0 Å². The predicted octanol–water partition coefficient (Wildman–Crippen LogP) is -0.801. The van der Waals surface area contributed by atoms with Crippen molar-refractivity contribution in [2.45, 2.75) is 12.6 Å². The number of aliphatic hydroxyl groups excluding tert-OH is 2. The molecule has 0 bridgehead atoms. The third kappa shape index (κ3) is 1.89. The fraction of sp³-hybridized carbons (Fsp3) is 0.273. The Labute approximate surface area is 101 Å². The Balaban J connectivity index is 2.41. The third-order valence-corrected chi connectivity index (χ3v) is 2.55. The first kappa shape index (κ1) is 12.0. The van der Waals surface area contributed by atoms with Gasteiger partial charge in [0, 0.05) is 6.20 Å². The smallest absolute Gasteiger partial charge is 0.331 e. The molecule has 0 saturated carbocycles. The molecule has 0 aliphatic carbocycles. The van der Waals surface area contributed by atoms with Crippen LogP contribution in [-0.2, 0) is 4.74 Å². The summed E-state index contributed by atoms with van der Waals surface area (Å²) in [6.07, 6.45) is 5.49. The van der Waals surface area contributed by atoms with Crippen molar-refractivity contribution in [3.05, 3.63) is 44.1 Å². The molecule has 0 unspecified atom stereocenters. The van der Waals surface area contributed by atoms with Crippen molar-refractivity contribution in [3.63, 3.8) is 0 Å². The molecule has 1 aromatic heterocycles. The number of hydrogen-bond acceptors (Lipinski definition) is 5. The summed E-state index contributed by atoms with van der Waals surface area (Å²) in [7, 11) is 0. The Kier molecular flexibility index (Phi) is 2.95. The van der Waals surface area contributed by atoms with Crippen LogP contribution in [0.5, 0.6) is 0 Å². The average molecular weight is 250 g/mol. The van der Waals surface area contributed by atoms with Gasteiger partial charge in [-0.3, -0.25) is 14.3 Å². The standard InChI is InChI=1S/C11H10N2O5/c1-2-6-4-13(11(17)12-10(6)16)9-3-7(15)8(5-14)18-9/h1,4,9,14-15H,3,5H2,(H,12,16,17)/t9-/m1/s1. The summed E-state index contributed by atoms with van der Waals surface area (Å²) in [5.74, 6) is 2.00. The van der Waals surface area contributed by atoms with E-state index in [1.54, 1.807) is 0 Å². The molecule has 7 nitrogen and oxygen atoms in total. The normalized spacial score (nSPS) is 18.6. The quantitative estimate of drug-likeness (QED) is 0.596. The lowest BCUT2D eigenvalue weighted by atomic mass is 10.3. The molecule has 0 aromatic carbocycles. The van der Waals surface area contributed by atoms with Gasteiger partial charge in [0.25, 0.3) is 5.56 Å². The van der Waals surface area contributed by atoms with Crippen molar-refractivity contribution in [1.82, 2.24) is 9.55 Å². The van der Waals surface area contributed by atoms with Crippen LogP contribution in [0.15, 0.2) is 27.3 Å². The number of aromatic amines is 1. The van der Waals surface area contributed by atoms with E-state index in [1.807, 2.05) is 4.98 Å². The number of terminal acetylenes is 1. The second-order valence-electron chi connectivity index (χ2n) is 3.66. The first-order chi connectivity index (χ1) is 8.56. The van der Waals surface area contributed by atoms with Gasteiger partial charge in [-0.15, -0.1) is 6.42 Å². The van der Waals surface area contributed by atoms with Crippen LogP contribution in [0.25, 0.3) is 0 Å². The van der Waals surface area contributed by atoms with Gasteiger partial charge in [0.05, 0.1) is 6.42 Å². The molecule has 3 N–H and O–H groups in total. The molecule has 7 heteroatoms. The highest BCUT2D eigenvalue weighted by Gasteiger charge is 2.27. The van der Waals surface area contributed by atoms with Crippen LogP contribution >= 0.6 is 0 Å². The van der Waals surface area contributed by atoms with E-state index in [4.69, 9.17) is 16.3 Å². The molecule has 94 valence electrons. The summed E-state index contributed by atoms with van der Waals surface area (Å²) in [5, 5.41) is 18.4. The molecule has 1 aliphatic heterocycles. The van der Waals surface area contributed by atoms with E-state index in [2.05, 4.69) is 5.92 Å². The molecule has 0 spiro atoms. The zero-order valence-electron chi connectivity index (χ0n) is 9.21. The minimum Gasteiger partial charge on any atom is -0.508 e. The number of ether oxygens (including phenoxy) is 1. The van der Waals surface area contributed by atoms with E-state index in [9.17, 15) is 14.7 Å². The van der Waals surface area contributed by atoms with Gasteiger partial charge in [0.2, 0.25) is 0 Å². The number of aliphatic hydroxyl groups is 2. The van der Waals surface area contributed by atoms with E-state index in [1.165, 1.54) is 6.20 Å². The van der Waals surface area contributed by atoms with Gasteiger partial charge in [0.15, 0.2) is 12.0 Å². The maximum absolute atomic E-state index is 11.6. The molecule has 1 atom stereocenters. The lowest BCUT2D eigenvalue weighted by Gasteiger charge is -2.14. The molecule has 0 radical (unpaired) electrons. The van der Waals surface area contributed by atoms with Crippen molar-refractivity contribution in [3.8, 4) is 12.3 Å². The monoisotopic (exact) mass is 250 g/mol. The van der Waals surface area contributed by atoms with Crippen molar-refractivity contribution in [2.75, 3.05) is 6.61 Å². The van der Waals surface area contributed by atoms with Crippen LogP contribution < -0.4 is 11.2 Å². The van der Waals surface area contributed by atoms with Gasteiger partial charge in [-0.2, -0.15) is 0 Å². The molecule has 0 fully saturated rings. The summed E-state index contributed by atoms with van der Waals surface area (Å²) in [6, 6.07) is 0. The zero-order valence-corrected chi connectivity index (χ0v) is 9.21. The lowest BCUT2D eigenvalue weighted by Crippen LogP contribution is -2.33. The van der Waals surface area contributed by atoms with Gasteiger partial charge in [0.1, 0.15) is 17.9 Å². The summed E-state index contributed by atoms with van der Waals surface area (Å²) < 4.78 is 6.25. The van der Waals surface area contributed by atoms with Crippen molar-refractivity contribution >= 4 is 0 Å². The maximum Gasteiger partial charge on any atom is 0.331 e. The van der Waals surface area contributed by atoms with Crippen LogP contribution in [0.4, 0.5) is 0 Å². The number of aromatic nitrogens is 2. The van der Waals surface area contributed by atoms with E-state index < -0.39 is 24.1 Å². The third-order valence-electron chi connectivity index (χ3n) is 2.55. The van der Waals surface area contributed by atoms with Crippen LogP contribution in [0, 0.1) is 12.3 Å². The van der Waals surface area contributed by atoms with Crippen LogP contribution in [0.3, 0.4) is 0 Å². The Hall–Kier alpha value is -2.46. The minimum absolute atomic E-state index is 0.000331. The van der Waals surface area contributed by atoms with Gasteiger partial charge >= 0.3 is 5.69 Å². The highest BCUT2D eigenvalue weighted by atomic mass is 16.5. The molecule has 1 aliphatic rings. The van der Waals surface area contributed by atoms with Crippen molar-refractivity contribution in [2.24, 2.45) is 0 Å². The second-order valence-corrected chi connectivity index (χ2v) is 3.66. The molecule has 2 heterocycles. The van der Waals surface area contributed by atoms with Crippen LogP contribution in [0.2, 0.25) is 0 Å². The van der Waals surface area contributed by atoms with Crippen LogP contribution in [-0.4, -0.2) is 26.4 Å². The molecule has 18 heavy (non-hydrogen) atoms. The molecule has 1 aromatic rings. The summed E-state index contributed by atoms with van der Waals surface area (Å²) in [6.45, 7) is -0.470. The number of nitrogens with one attached hydrogen (secondary N) is 1. The predicted molar refractivity (Wildman–Crippen MR) is 60.7 cm³/mol. The maximum atomic E-state index is 11.6. The average Bonchev–Trinajstić information content (AvgIpc) is 2.70. The summed E-state index contributed by atoms with van der Waals surface area (Å²) in [4.78, 5) is 24.9. The number of H-pyrrole nitrogens is 1. The number of hydrogen-bond donors (Lipinski definition) is 3.